The van der Waals surface area contributed by atoms with E-state index >= 15 is 0 Å². The van der Waals surface area contributed by atoms with Crippen molar-refractivity contribution in [2.24, 2.45) is 0 Å². The van der Waals surface area contributed by atoms with Crippen LogP contribution < -0.4 is 5.32 Å². The fourth-order valence-corrected chi connectivity index (χ4v) is 0.968. The first-order valence-electron chi connectivity index (χ1n) is 2.36. The number of carbonyl (C=O) groups excluding carboxylic acids is 2. The lowest BCUT2D eigenvalue weighted by atomic mass is 10.3. The second-order valence-electron chi connectivity index (χ2n) is 1.62. The van der Waals surface area contributed by atoms with E-state index in [1.54, 1.807) is 0 Å². The molecule has 0 unspecified atom stereocenters. The largest absolute Gasteiger partial charge is 0.289 e. The van der Waals surface area contributed by atoms with Gasteiger partial charge < -0.3 is 0 Å². The first-order valence-corrected chi connectivity index (χ1v) is 3.48. The van der Waals surface area contributed by atoms with Crippen molar-refractivity contribution in [3.05, 3.63) is 11.6 Å². The third-order valence-electron chi connectivity index (χ3n) is 0.978. The average Bonchev–Trinajstić information content (AvgIpc) is 2.10. The lowest BCUT2D eigenvalue weighted by Crippen LogP contribution is -2.22. The molecule has 0 aliphatic carbocycles. The molecular weight excluding hydrogens is 186 g/mol. The Morgan fingerprint density at radius 3 is 2.44 bits per heavy atom. The van der Waals surface area contributed by atoms with Crippen LogP contribution >= 0.6 is 15.9 Å². The summed E-state index contributed by atoms with van der Waals surface area (Å²) in [5.41, 5.74) is 0.486. The van der Waals surface area contributed by atoms with Crippen LogP contribution in [-0.4, -0.2) is 17.1 Å². The Labute approximate surface area is 60.2 Å². The van der Waals surface area contributed by atoms with Crippen LogP contribution in [0.25, 0.3) is 0 Å². The molecule has 1 rings (SSSR count). The highest BCUT2D eigenvalue weighted by Gasteiger charge is 2.18. The van der Waals surface area contributed by atoms with Crippen LogP contribution in [0.1, 0.15) is 0 Å². The third-order valence-corrected chi connectivity index (χ3v) is 1.58. The van der Waals surface area contributed by atoms with Crippen LogP contribution in [0.2, 0.25) is 0 Å². The number of nitrogens with one attached hydrogen (secondary N) is 1. The number of rotatable bonds is 1. The molecular formula is C5H4BrNO2. The van der Waals surface area contributed by atoms with Crippen LogP contribution in [0, 0.1) is 0 Å². The van der Waals surface area contributed by atoms with Gasteiger partial charge in [-0.05, 0) is 0 Å². The number of halogens is 1. The minimum Gasteiger partial charge on any atom is -0.289 e. The number of hydrogen-bond donors (Lipinski definition) is 1. The second kappa shape index (κ2) is 2.31. The average molecular weight is 190 g/mol. The smallest absolute Gasteiger partial charge is 0.255 e. The Bertz CT molecular complexity index is 197. The first-order chi connectivity index (χ1) is 4.24. The van der Waals surface area contributed by atoms with Gasteiger partial charge in [0.25, 0.3) is 11.8 Å². The van der Waals surface area contributed by atoms with Gasteiger partial charge in [-0.2, -0.15) is 0 Å². The summed E-state index contributed by atoms with van der Waals surface area (Å²) in [6, 6.07) is 0. The van der Waals surface area contributed by atoms with E-state index in [-0.39, 0.29) is 11.8 Å². The zero-order valence-corrected chi connectivity index (χ0v) is 6.06. The number of hydrogen-bond acceptors (Lipinski definition) is 2. The van der Waals surface area contributed by atoms with Gasteiger partial charge in [0, 0.05) is 17.0 Å². The summed E-state index contributed by atoms with van der Waals surface area (Å²) in [5, 5.41) is 2.55. The molecule has 0 bridgehead atoms. The monoisotopic (exact) mass is 189 g/mol. The molecule has 0 aromatic rings. The summed E-state index contributed by atoms with van der Waals surface area (Å²) in [4.78, 5) is 21.0. The summed E-state index contributed by atoms with van der Waals surface area (Å²) in [7, 11) is 0. The molecule has 48 valence electrons. The third kappa shape index (κ3) is 1.18. The van der Waals surface area contributed by atoms with Crippen LogP contribution in [0.15, 0.2) is 11.6 Å². The topological polar surface area (TPSA) is 46.2 Å². The van der Waals surface area contributed by atoms with Gasteiger partial charge >= 0.3 is 0 Å². The summed E-state index contributed by atoms with van der Waals surface area (Å²) in [5.74, 6) is -0.619. The van der Waals surface area contributed by atoms with Gasteiger partial charge in [-0.3, -0.25) is 14.9 Å². The summed E-state index contributed by atoms with van der Waals surface area (Å²) in [6.45, 7) is 0. The van der Waals surface area contributed by atoms with Crippen molar-refractivity contribution in [1.82, 2.24) is 5.32 Å². The second-order valence-corrected chi connectivity index (χ2v) is 2.18. The first kappa shape index (κ1) is 6.48. The van der Waals surface area contributed by atoms with Crippen LogP contribution in [0.3, 0.4) is 0 Å². The molecule has 2 amide bonds. The highest BCUT2D eigenvalue weighted by molar-refractivity contribution is 9.09. The fourth-order valence-electron chi connectivity index (χ4n) is 0.551. The van der Waals surface area contributed by atoms with Crippen molar-refractivity contribution >= 4 is 27.7 Å². The molecule has 0 aromatic heterocycles. The predicted molar refractivity (Wildman–Crippen MR) is 35.0 cm³/mol. The van der Waals surface area contributed by atoms with Gasteiger partial charge in [0.1, 0.15) is 0 Å². The zero-order valence-electron chi connectivity index (χ0n) is 4.48. The Hall–Kier alpha value is -0.640. The highest BCUT2D eigenvalue weighted by Crippen LogP contribution is 2.04. The summed E-state index contributed by atoms with van der Waals surface area (Å²) >= 11 is 3.06. The zero-order chi connectivity index (χ0) is 6.85. The van der Waals surface area contributed by atoms with Gasteiger partial charge in [0.2, 0.25) is 0 Å². The summed E-state index contributed by atoms with van der Waals surface area (Å²) in [6.07, 6.45) is 1.29. The minimum atomic E-state index is -0.325. The lowest BCUT2D eigenvalue weighted by Gasteiger charge is -1.88. The maximum absolute atomic E-state index is 10.6. The Kier molecular flexibility index (Phi) is 1.66. The number of imide groups is 1. The van der Waals surface area contributed by atoms with Gasteiger partial charge in [0.15, 0.2) is 0 Å². The molecule has 1 heterocycles. The Balaban J connectivity index is 2.80. The standard InChI is InChI=1S/C5H4BrNO2/c6-2-3-1-4(8)7-5(3)9/h1H,2H2,(H,7,8,9). The molecule has 1 N–H and O–H groups in total. The van der Waals surface area contributed by atoms with E-state index in [0.717, 1.165) is 0 Å². The molecule has 0 saturated heterocycles. The predicted octanol–water partition coefficient (Wildman–Crippen LogP) is -0.0359. The van der Waals surface area contributed by atoms with E-state index in [1.807, 2.05) is 0 Å². The van der Waals surface area contributed by atoms with Gasteiger partial charge in [-0.15, -0.1) is 0 Å². The van der Waals surface area contributed by atoms with E-state index in [2.05, 4.69) is 21.2 Å². The molecule has 0 radical (unpaired) electrons. The van der Waals surface area contributed by atoms with Crippen molar-refractivity contribution in [1.29, 1.82) is 0 Å². The van der Waals surface area contributed by atoms with Gasteiger partial charge in [-0.1, -0.05) is 15.9 Å². The lowest BCUT2D eigenvalue weighted by molar-refractivity contribution is -0.123. The number of amides is 2. The molecule has 3 nitrogen and oxygen atoms in total. The van der Waals surface area contributed by atoms with E-state index in [1.165, 1.54) is 6.08 Å². The SMILES string of the molecule is O=C1C=C(CBr)C(=O)N1. The molecule has 0 fully saturated rings. The molecule has 0 saturated carbocycles. The fraction of sp³-hybridized carbons (Fsp3) is 0.200. The number of carbonyl (C=O) groups is 2. The molecule has 0 spiro atoms. The van der Waals surface area contributed by atoms with Crippen molar-refractivity contribution in [2.45, 2.75) is 0 Å². The van der Waals surface area contributed by atoms with E-state index in [9.17, 15) is 9.59 Å². The minimum absolute atomic E-state index is 0.295. The van der Waals surface area contributed by atoms with Crippen molar-refractivity contribution in [2.75, 3.05) is 5.33 Å². The number of alkyl halides is 1. The molecule has 4 heteroatoms. The van der Waals surface area contributed by atoms with Crippen molar-refractivity contribution in [3.8, 4) is 0 Å². The molecule has 1 aliphatic heterocycles. The van der Waals surface area contributed by atoms with E-state index in [4.69, 9.17) is 0 Å². The molecule has 0 aromatic carbocycles. The van der Waals surface area contributed by atoms with E-state index < -0.39 is 0 Å². The molecule has 1 aliphatic rings. The van der Waals surface area contributed by atoms with Gasteiger partial charge in [0.05, 0.1) is 0 Å². The van der Waals surface area contributed by atoms with E-state index in [0.29, 0.717) is 10.9 Å². The Morgan fingerprint density at radius 2 is 2.22 bits per heavy atom. The van der Waals surface area contributed by atoms with Crippen LogP contribution in [0.5, 0.6) is 0 Å². The van der Waals surface area contributed by atoms with Crippen LogP contribution in [0.4, 0.5) is 0 Å². The van der Waals surface area contributed by atoms with Crippen LogP contribution in [-0.2, 0) is 9.59 Å². The quantitative estimate of drug-likeness (QED) is 0.466. The molecule has 9 heavy (non-hydrogen) atoms. The maximum atomic E-state index is 10.6. The summed E-state index contributed by atoms with van der Waals surface area (Å²) < 4.78 is 0. The van der Waals surface area contributed by atoms with Gasteiger partial charge in [-0.25, -0.2) is 0 Å². The van der Waals surface area contributed by atoms with Crippen molar-refractivity contribution in [3.63, 3.8) is 0 Å². The highest BCUT2D eigenvalue weighted by atomic mass is 79.9. The Morgan fingerprint density at radius 1 is 1.56 bits per heavy atom. The maximum Gasteiger partial charge on any atom is 0.255 e. The normalized spacial score (nSPS) is 17.7. The molecule has 0 atom stereocenters. The van der Waals surface area contributed by atoms with Crippen molar-refractivity contribution < 1.29 is 9.59 Å².